The molecule has 4 heterocycles. The molecule has 6 rings (SSSR count). The van der Waals surface area contributed by atoms with Gasteiger partial charge in [0.15, 0.2) is 17.3 Å². The number of nitrogens with zero attached hydrogens (tertiary/aromatic N) is 2. The van der Waals surface area contributed by atoms with Gasteiger partial charge < -0.3 is 14.7 Å². The summed E-state index contributed by atoms with van der Waals surface area (Å²) in [5.74, 6) is -4.00. The van der Waals surface area contributed by atoms with Crippen LogP contribution in [-0.4, -0.2) is 51.3 Å². The van der Waals surface area contributed by atoms with E-state index in [0.717, 1.165) is 21.1 Å². The highest BCUT2D eigenvalue weighted by atomic mass is 32.2. The fourth-order valence-electron chi connectivity index (χ4n) is 5.47. The van der Waals surface area contributed by atoms with E-state index in [1.54, 1.807) is 0 Å². The van der Waals surface area contributed by atoms with Crippen molar-refractivity contribution in [1.29, 1.82) is 0 Å². The lowest BCUT2D eigenvalue weighted by Crippen LogP contribution is -2.60. The smallest absolute Gasteiger partial charge is 0.329 e. The van der Waals surface area contributed by atoms with Crippen LogP contribution >= 0.6 is 11.8 Å². The Bertz CT molecular complexity index is 1500. The Morgan fingerprint density at radius 1 is 1.09 bits per heavy atom. The zero-order valence-electron chi connectivity index (χ0n) is 18.2. The number of morpholine rings is 1. The van der Waals surface area contributed by atoms with Crippen LogP contribution in [0.2, 0.25) is 0 Å². The Morgan fingerprint density at radius 3 is 2.71 bits per heavy atom. The Balaban J connectivity index is 1.71. The first-order valence-electron chi connectivity index (χ1n) is 11.0. The van der Waals surface area contributed by atoms with E-state index in [9.17, 15) is 23.9 Å². The minimum atomic E-state index is -1.06. The molecular weight excluding hydrogens is 480 g/mol. The maximum absolute atomic E-state index is 15.1. The number of aromatic amines is 1. The normalized spacial score (nSPS) is 23.1. The highest BCUT2D eigenvalue weighted by Gasteiger charge is 2.49. The number of carbonyl (C=O) groups is 1. The summed E-state index contributed by atoms with van der Waals surface area (Å²) in [6.45, 7) is 0.526. The van der Waals surface area contributed by atoms with E-state index in [1.807, 2.05) is 24.3 Å². The van der Waals surface area contributed by atoms with Gasteiger partial charge in [-0.3, -0.25) is 19.1 Å². The van der Waals surface area contributed by atoms with Crippen LogP contribution in [-0.2, 0) is 10.5 Å². The summed E-state index contributed by atoms with van der Waals surface area (Å²) in [5, 5.41) is 10.6. The predicted molar refractivity (Wildman–Crippen MR) is 122 cm³/mol. The first-order chi connectivity index (χ1) is 16.9. The molecule has 3 atom stereocenters. The fraction of sp³-hybridized carbons (Fsp3) is 0.292. The second-order valence-electron chi connectivity index (χ2n) is 8.69. The lowest BCUT2D eigenvalue weighted by Gasteiger charge is -2.47. The average Bonchev–Trinajstić information content (AvgIpc) is 3.02. The zero-order valence-corrected chi connectivity index (χ0v) is 19.0. The minimum Gasteiger partial charge on any atom is -0.501 e. The highest BCUT2D eigenvalue weighted by molar-refractivity contribution is 7.98. The lowest BCUT2D eigenvalue weighted by atomic mass is 9.78. The van der Waals surface area contributed by atoms with Crippen molar-refractivity contribution >= 4 is 17.7 Å². The number of aromatic hydroxyl groups is 1. The van der Waals surface area contributed by atoms with E-state index in [0.29, 0.717) is 5.56 Å². The summed E-state index contributed by atoms with van der Waals surface area (Å²) in [6.07, 6.45) is 0. The predicted octanol–water partition coefficient (Wildman–Crippen LogP) is 2.35. The molecule has 0 radical (unpaired) electrons. The quantitative estimate of drug-likeness (QED) is 0.533. The number of amides is 1. The maximum Gasteiger partial charge on any atom is 0.329 e. The van der Waals surface area contributed by atoms with Gasteiger partial charge in [-0.2, -0.15) is 0 Å². The van der Waals surface area contributed by atoms with E-state index < -0.39 is 58.2 Å². The van der Waals surface area contributed by atoms with Crippen LogP contribution in [0.1, 0.15) is 39.1 Å². The summed E-state index contributed by atoms with van der Waals surface area (Å²) < 4.78 is 36.1. The second kappa shape index (κ2) is 8.06. The van der Waals surface area contributed by atoms with E-state index in [-0.39, 0.29) is 31.1 Å². The van der Waals surface area contributed by atoms with Gasteiger partial charge in [0.2, 0.25) is 5.75 Å². The number of thioether (sulfide) groups is 1. The number of rotatable bonds is 1. The molecule has 3 unspecified atom stereocenters. The van der Waals surface area contributed by atoms with Crippen molar-refractivity contribution in [3.8, 4) is 5.75 Å². The molecule has 0 saturated carbocycles. The molecule has 8 nitrogen and oxygen atoms in total. The number of ether oxygens (including phenoxy) is 1. The van der Waals surface area contributed by atoms with Crippen LogP contribution in [0.3, 0.4) is 0 Å². The zero-order chi connectivity index (χ0) is 24.4. The Kier molecular flexibility index (Phi) is 5.08. The molecule has 1 fully saturated rings. The molecule has 35 heavy (non-hydrogen) atoms. The number of halogens is 2. The Labute approximate surface area is 201 Å². The number of nitrogens with one attached hydrogen (secondary N) is 1. The molecule has 2 aromatic carbocycles. The van der Waals surface area contributed by atoms with E-state index in [2.05, 4.69) is 4.98 Å². The van der Waals surface area contributed by atoms with E-state index >= 15 is 4.39 Å². The summed E-state index contributed by atoms with van der Waals surface area (Å²) in [7, 11) is 0. The van der Waals surface area contributed by atoms with Crippen molar-refractivity contribution in [3.63, 3.8) is 0 Å². The molecule has 1 aromatic heterocycles. The van der Waals surface area contributed by atoms with Gasteiger partial charge in [0.25, 0.3) is 11.5 Å². The molecule has 3 aliphatic rings. The highest BCUT2D eigenvalue weighted by Crippen LogP contribution is 2.49. The molecule has 1 saturated heterocycles. The van der Waals surface area contributed by atoms with Crippen molar-refractivity contribution in [2.75, 3.05) is 19.8 Å². The standard InChI is InChI=1S/C24H19F2N3O5S/c25-14-6-5-11-13(18(14)26)10-35-16-4-2-1-3-12(16)17(11)19-15-9-34-8-7-28(15)23(32)20-21(30)22(31)27-24(33)29(19)20/h1-6,15,17,19,30H,7-10H2,(H,27,31,33). The van der Waals surface area contributed by atoms with Crippen LogP contribution in [0.4, 0.5) is 8.78 Å². The van der Waals surface area contributed by atoms with Crippen LogP contribution in [0.5, 0.6) is 5.75 Å². The van der Waals surface area contributed by atoms with Crippen molar-refractivity contribution in [3.05, 3.63) is 91.3 Å². The van der Waals surface area contributed by atoms with Crippen LogP contribution in [0.25, 0.3) is 0 Å². The van der Waals surface area contributed by atoms with Gasteiger partial charge in [-0.05, 0) is 23.3 Å². The molecule has 1 amide bonds. The number of hydrogen-bond acceptors (Lipinski definition) is 6. The molecule has 3 aromatic rings. The van der Waals surface area contributed by atoms with Gasteiger partial charge in [0.1, 0.15) is 0 Å². The van der Waals surface area contributed by atoms with Gasteiger partial charge in [0.05, 0.1) is 25.3 Å². The molecule has 2 N–H and O–H groups in total. The number of hydrogen-bond donors (Lipinski definition) is 2. The van der Waals surface area contributed by atoms with E-state index in [4.69, 9.17) is 4.74 Å². The molecule has 0 aliphatic carbocycles. The molecule has 0 bridgehead atoms. The largest absolute Gasteiger partial charge is 0.501 e. The summed E-state index contributed by atoms with van der Waals surface area (Å²) in [4.78, 5) is 43.2. The van der Waals surface area contributed by atoms with Gasteiger partial charge in [-0.1, -0.05) is 24.3 Å². The van der Waals surface area contributed by atoms with Crippen molar-refractivity contribution in [2.45, 2.75) is 28.6 Å². The maximum atomic E-state index is 15.1. The summed E-state index contributed by atoms with van der Waals surface area (Å²) in [6, 6.07) is 8.39. The topological polar surface area (TPSA) is 105 Å². The molecule has 180 valence electrons. The van der Waals surface area contributed by atoms with Gasteiger partial charge in [0, 0.05) is 28.7 Å². The van der Waals surface area contributed by atoms with Gasteiger partial charge in [-0.15, -0.1) is 11.8 Å². The number of fused-ring (bicyclic) bond motifs is 4. The van der Waals surface area contributed by atoms with Gasteiger partial charge in [-0.25, -0.2) is 13.6 Å². The van der Waals surface area contributed by atoms with Gasteiger partial charge >= 0.3 is 5.69 Å². The number of benzene rings is 2. The second-order valence-corrected chi connectivity index (χ2v) is 9.71. The number of carbonyl (C=O) groups excluding carboxylic acids is 1. The molecular formula is C24H19F2N3O5S. The SMILES string of the molecule is O=C1c2c(O)c(=O)[nH]c(=O)n2C(C2c3ccccc3SCc3c2ccc(F)c3F)C2COCCN12. The first-order valence-corrected chi connectivity index (χ1v) is 12.0. The lowest BCUT2D eigenvalue weighted by molar-refractivity contribution is -0.0305. The average molecular weight is 499 g/mol. The first kappa shape index (κ1) is 22.1. The van der Waals surface area contributed by atoms with Crippen LogP contribution < -0.4 is 11.2 Å². The van der Waals surface area contributed by atoms with Crippen molar-refractivity contribution in [1.82, 2.24) is 14.5 Å². The number of aromatic nitrogens is 2. The Hall–Kier alpha value is -3.44. The van der Waals surface area contributed by atoms with Crippen LogP contribution in [0.15, 0.2) is 50.9 Å². The molecule has 3 aliphatic heterocycles. The van der Waals surface area contributed by atoms with Crippen LogP contribution in [0, 0.1) is 11.6 Å². The fourth-order valence-corrected chi connectivity index (χ4v) is 6.60. The summed E-state index contributed by atoms with van der Waals surface area (Å²) >= 11 is 1.35. The molecule has 11 heteroatoms. The third-order valence-electron chi connectivity index (χ3n) is 6.98. The van der Waals surface area contributed by atoms with Crippen molar-refractivity contribution < 1.29 is 23.4 Å². The van der Waals surface area contributed by atoms with E-state index in [1.165, 1.54) is 22.7 Å². The molecule has 0 spiro atoms. The number of H-pyrrole nitrogens is 1. The third kappa shape index (κ3) is 3.18. The monoisotopic (exact) mass is 499 g/mol. The van der Waals surface area contributed by atoms with Crippen molar-refractivity contribution in [2.24, 2.45) is 0 Å². The minimum absolute atomic E-state index is 0.0903. The Morgan fingerprint density at radius 2 is 1.89 bits per heavy atom. The third-order valence-corrected chi connectivity index (χ3v) is 8.09. The summed E-state index contributed by atoms with van der Waals surface area (Å²) in [5.41, 5.74) is -0.958.